The van der Waals surface area contributed by atoms with E-state index in [1.165, 1.54) is 58.4 Å². The van der Waals surface area contributed by atoms with Crippen LogP contribution in [0.5, 0.6) is 0 Å². The number of likely N-dealkylation sites (tertiary alicyclic amines) is 1. The lowest BCUT2D eigenvalue weighted by molar-refractivity contribution is 0.148. The van der Waals surface area contributed by atoms with E-state index in [0.29, 0.717) is 0 Å². The minimum Gasteiger partial charge on any atom is -0.316 e. The molecule has 0 radical (unpaired) electrons. The van der Waals surface area contributed by atoms with E-state index < -0.39 is 0 Å². The van der Waals surface area contributed by atoms with Gasteiger partial charge in [-0.1, -0.05) is 6.92 Å². The summed E-state index contributed by atoms with van der Waals surface area (Å²) < 4.78 is 0. The molecule has 0 saturated carbocycles. The number of hydrogen-bond donors (Lipinski definition) is 1. The van der Waals surface area contributed by atoms with Gasteiger partial charge in [-0.25, -0.2) is 0 Å². The Morgan fingerprint density at radius 1 is 1.19 bits per heavy atom. The SMILES string of the molecule is CC1CCCN(CC2CCCNC2)C1.Cl.Cl. The van der Waals surface area contributed by atoms with Crippen LogP contribution in [-0.4, -0.2) is 37.6 Å². The molecule has 2 heterocycles. The van der Waals surface area contributed by atoms with E-state index >= 15 is 0 Å². The van der Waals surface area contributed by atoms with Gasteiger partial charge in [0.15, 0.2) is 0 Å². The summed E-state index contributed by atoms with van der Waals surface area (Å²) in [5, 5.41) is 3.51. The third-order valence-electron chi connectivity index (χ3n) is 3.66. The normalized spacial score (nSPS) is 31.3. The fourth-order valence-electron chi connectivity index (χ4n) is 2.90. The van der Waals surface area contributed by atoms with Crippen LogP contribution in [0.4, 0.5) is 0 Å². The van der Waals surface area contributed by atoms with Crippen LogP contribution in [0.3, 0.4) is 0 Å². The number of hydrogen-bond acceptors (Lipinski definition) is 2. The highest BCUT2D eigenvalue weighted by Crippen LogP contribution is 2.18. The number of nitrogens with zero attached hydrogens (tertiary/aromatic N) is 1. The molecule has 0 bridgehead atoms. The third kappa shape index (κ3) is 5.22. The molecule has 2 atom stereocenters. The summed E-state index contributed by atoms with van der Waals surface area (Å²) in [6.07, 6.45) is 5.69. The molecule has 0 aliphatic carbocycles. The first-order valence-electron chi connectivity index (χ1n) is 6.27. The fraction of sp³-hybridized carbons (Fsp3) is 1.00. The van der Waals surface area contributed by atoms with Crippen molar-refractivity contribution in [3.05, 3.63) is 0 Å². The summed E-state index contributed by atoms with van der Waals surface area (Å²) in [7, 11) is 0. The Kier molecular flexibility index (Phi) is 8.84. The van der Waals surface area contributed by atoms with Crippen molar-refractivity contribution in [3.63, 3.8) is 0 Å². The highest BCUT2D eigenvalue weighted by atomic mass is 35.5. The maximum atomic E-state index is 3.51. The standard InChI is InChI=1S/C12H24N2.2ClH/c1-11-4-3-7-14(9-11)10-12-5-2-6-13-8-12;;/h11-13H,2-10H2,1H3;2*1H. The lowest BCUT2D eigenvalue weighted by atomic mass is 9.95. The van der Waals surface area contributed by atoms with Crippen LogP contribution in [-0.2, 0) is 0 Å². The quantitative estimate of drug-likeness (QED) is 0.829. The first-order valence-corrected chi connectivity index (χ1v) is 6.27. The minimum absolute atomic E-state index is 0. The van der Waals surface area contributed by atoms with Crippen molar-refractivity contribution < 1.29 is 0 Å². The number of halogens is 2. The zero-order valence-electron chi connectivity index (χ0n) is 10.3. The Hall–Kier alpha value is 0.500. The Morgan fingerprint density at radius 2 is 2.00 bits per heavy atom. The number of piperidine rings is 2. The predicted octanol–water partition coefficient (Wildman–Crippen LogP) is 2.56. The molecule has 2 aliphatic rings. The smallest absolute Gasteiger partial charge is 0.00219 e. The summed E-state index contributed by atoms with van der Waals surface area (Å²) in [6.45, 7) is 8.93. The van der Waals surface area contributed by atoms with Gasteiger partial charge in [-0.2, -0.15) is 0 Å². The largest absolute Gasteiger partial charge is 0.316 e. The van der Waals surface area contributed by atoms with E-state index in [1.807, 2.05) is 0 Å². The van der Waals surface area contributed by atoms with Crippen LogP contribution in [0.1, 0.15) is 32.6 Å². The monoisotopic (exact) mass is 268 g/mol. The fourth-order valence-corrected chi connectivity index (χ4v) is 2.90. The summed E-state index contributed by atoms with van der Waals surface area (Å²) in [5.41, 5.74) is 0. The van der Waals surface area contributed by atoms with Crippen molar-refractivity contribution in [2.24, 2.45) is 11.8 Å². The molecule has 0 spiro atoms. The first-order chi connectivity index (χ1) is 6.84. The van der Waals surface area contributed by atoms with Gasteiger partial charge >= 0.3 is 0 Å². The van der Waals surface area contributed by atoms with Crippen LogP contribution >= 0.6 is 24.8 Å². The highest BCUT2D eigenvalue weighted by molar-refractivity contribution is 5.85. The molecular weight excluding hydrogens is 243 g/mol. The van der Waals surface area contributed by atoms with Gasteiger partial charge in [-0.15, -0.1) is 24.8 Å². The van der Waals surface area contributed by atoms with Crippen molar-refractivity contribution >= 4 is 24.8 Å². The summed E-state index contributed by atoms with van der Waals surface area (Å²) in [4.78, 5) is 2.69. The topological polar surface area (TPSA) is 15.3 Å². The molecule has 98 valence electrons. The summed E-state index contributed by atoms with van der Waals surface area (Å²) >= 11 is 0. The van der Waals surface area contributed by atoms with Gasteiger partial charge in [0.25, 0.3) is 0 Å². The molecular formula is C12H26Cl2N2. The molecule has 2 nitrogen and oxygen atoms in total. The average molecular weight is 269 g/mol. The van der Waals surface area contributed by atoms with E-state index in [-0.39, 0.29) is 24.8 Å². The highest BCUT2D eigenvalue weighted by Gasteiger charge is 2.20. The molecule has 0 aromatic heterocycles. The van der Waals surface area contributed by atoms with Gasteiger partial charge < -0.3 is 10.2 Å². The molecule has 1 N–H and O–H groups in total. The van der Waals surface area contributed by atoms with Gasteiger partial charge in [-0.3, -0.25) is 0 Å². The third-order valence-corrected chi connectivity index (χ3v) is 3.66. The van der Waals surface area contributed by atoms with Crippen molar-refractivity contribution in [3.8, 4) is 0 Å². The molecule has 2 saturated heterocycles. The van der Waals surface area contributed by atoms with Crippen molar-refractivity contribution in [1.29, 1.82) is 0 Å². The van der Waals surface area contributed by atoms with Crippen molar-refractivity contribution in [2.45, 2.75) is 32.6 Å². The first kappa shape index (κ1) is 16.5. The zero-order chi connectivity index (χ0) is 9.80. The van der Waals surface area contributed by atoms with E-state index in [4.69, 9.17) is 0 Å². The Morgan fingerprint density at radius 3 is 2.62 bits per heavy atom. The average Bonchev–Trinajstić information content (AvgIpc) is 2.19. The van der Waals surface area contributed by atoms with E-state index in [1.54, 1.807) is 0 Å². The van der Waals surface area contributed by atoms with E-state index in [0.717, 1.165) is 11.8 Å². The van der Waals surface area contributed by atoms with Crippen LogP contribution in [0, 0.1) is 11.8 Å². The van der Waals surface area contributed by atoms with Crippen LogP contribution in [0.2, 0.25) is 0 Å². The van der Waals surface area contributed by atoms with Gasteiger partial charge in [0.1, 0.15) is 0 Å². The molecule has 0 amide bonds. The van der Waals surface area contributed by atoms with Crippen LogP contribution < -0.4 is 5.32 Å². The molecule has 2 fully saturated rings. The Labute approximate surface area is 112 Å². The summed E-state index contributed by atoms with van der Waals surface area (Å²) in [6, 6.07) is 0. The van der Waals surface area contributed by atoms with Gasteiger partial charge in [0.05, 0.1) is 0 Å². The molecule has 2 rings (SSSR count). The minimum atomic E-state index is 0. The number of nitrogens with one attached hydrogen (secondary N) is 1. The molecule has 2 aliphatic heterocycles. The van der Waals surface area contributed by atoms with Crippen LogP contribution in [0.25, 0.3) is 0 Å². The van der Waals surface area contributed by atoms with Crippen molar-refractivity contribution in [1.82, 2.24) is 10.2 Å². The lowest BCUT2D eigenvalue weighted by Crippen LogP contribution is -2.42. The van der Waals surface area contributed by atoms with Crippen LogP contribution in [0.15, 0.2) is 0 Å². The van der Waals surface area contributed by atoms with E-state index in [9.17, 15) is 0 Å². The van der Waals surface area contributed by atoms with Gasteiger partial charge in [-0.05, 0) is 57.2 Å². The maximum absolute atomic E-state index is 3.51. The van der Waals surface area contributed by atoms with Gasteiger partial charge in [0.2, 0.25) is 0 Å². The molecule has 0 aromatic rings. The second kappa shape index (κ2) is 8.57. The molecule has 0 aromatic carbocycles. The molecule has 16 heavy (non-hydrogen) atoms. The second-order valence-electron chi connectivity index (χ2n) is 5.22. The zero-order valence-corrected chi connectivity index (χ0v) is 11.9. The van der Waals surface area contributed by atoms with Crippen molar-refractivity contribution in [2.75, 3.05) is 32.7 Å². The molecule has 2 unspecified atom stereocenters. The predicted molar refractivity (Wildman–Crippen MR) is 74.9 cm³/mol. The molecule has 4 heteroatoms. The van der Waals surface area contributed by atoms with Gasteiger partial charge in [0, 0.05) is 13.1 Å². The lowest BCUT2D eigenvalue weighted by Gasteiger charge is -2.35. The Bertz CT molecular complexity index is 172. The summed E-state index contributed by atoms with van der Waals surface area (Å²) in [5.74, 6) is 1.86. The Balaban J connectivity index is 0.00000112. The maximum Gasteiger partial charge on any atom is 0.00219 e. The number of rotatable bonds is 2. The van der Waals surface area contributed by atoms with E-state index in [2.05, 4.69) is 17.1 Å². The second-order valence-corrected chi connectivity index (χ2v) is 5.22.